The predicted molar refractivity (Wildman–Crippen MR) is 123 cm³/mol. The van der Waals surface area contributed by atoms with Crippen LogP contribution in [0.2, 0.25) is 0 Å². The third-order valence-electron chi connectivity index (χ3n) is 5.68. The fourth-order valence-corrected chi connectivity index (χ4v) is 4.14. The van der Waals surface area contributed by atoms with Crippen molar-refractivity contribution in [2.75, 3.05) is 12.4 Å². The van der Waals surface area contributed by atoms with E-state index in [1.54, 1.807) is 6.20 Å². The van der Waals surface area contributed by atoms with Crippen molar-refractivity contribution in [1.82, 2.24) is 30.2 Å². The van der Waals surface area contributed by atoms with Crippen LogP contribution in [0.25, 0.3) is 33.1 Å². The Morgan fingerprint density at radius 1 is 1.00 bits per heavy atom. The van der Waals surface area contributed by atoms with Crippen LogP contribution in [0.5, 0.6) is 5.75 Å². The summed E-state index contributed by atoms with van der Waals surface area (Å²) in [6, 6.07) is 10.4. The summed E-state index contributed by atoms with van der Waals surface area (Å²) >= 11 is 0. The zero-order valence-electron chi connectivity index (χ0n) is 17.5. The highest BCUT2D eigenvalue weighted by Crippen LogP contribution is 2.33. The van der Waals surface area contributed by atoms with Gasteiger partial charge in [-0.3, -0.25) is 9.97 Å². The van der Waals surface area contributed by atoms with Gasteiger partial charge in [0, 0.05) is 60.6 Å². The van der Waals surface area contributed by atoms with Gasteiger partial charge < -0.3 is 20.4 Å². The van der Waals surface area contributed by atoms with E-state index in [4.69, 9.17) is 9.72 Å². The first-order valence-electron chi connectivity index (χ1n) is 10.5. The normalized spacial score (nSPS) is 13.5. The molecule has 0 amide bonds. The van der Waals surface area contributed by atoms with Crippen molar-refractivity contribution >= 4 is 27.9 Å². The number of hydrogen-bond acceptors (Lipinski definition) is 7. The lowest BCUT2D eigenvalue weighted by Gasteiger charge is -2.12. The molecule has 1 aromatic carbocycles. The van der Waals surface area contributed by atoms with Gasteiger partial charge in [0.1, 0.15) is 18.0 Å². The Morgan fingerprint density at radius 2 is 1.94 bits per heavy atom. The van der Waals surface area contributed by atoms with E-state index in [1.807, 2.05) is 37.8 Å². The van der Waals surface area contributed by atoms with Crippen LogP contribution >= 0.6 is 0 Å². The summed E-state index contributed by atoms with van der Waals surface area (Å²) in [5.74, 6) is 1.32. The average molecular weight is 423 g/mol. The Kier molecular flexibility index (Phi) is 4.43. The van der Waals surface area contributed by atoms with Gasteiger partial charge >= 0.3 is 0 Å². The summed E-state index contributed by atoms with van der Waals surface area (Å²) in [4.78, 5) is 21.6. The molecule has 0 spiro atoms. The molecule has 0 fully saturated rings. The summed E-state index contributed by atoms with van der Waals surface area (Å²) in [5, 5.41) is 8.59. The molecule has 5 bridgehead atoms. The molecule has 8 heteroatoms. The lowest BCUT2D eigenvalue weighted by molar-refractivity contribution is 0.305. The van der Waals surface area contributed by atoms with Gasteiger partial charge in [-0.2, -0.15) is 4.98 Å². The molecule has 0 atom stereocenters. The van der Waals surface area contributed by atoms with Crippen LogP contribution in [0.15, 0.2) is 55.1 Å². The molecule has 1 aliphatic rings. The SMILES string of the molecule is CNc1nc2c3c(c[nH]c3n1)-c1ccc3ncc(cc3c1)OCc1cncc(c1)CNC2. The van der Waals surface area contributed by atoms with E-state index in [-0.39, 0.29) is 0 Å². The second kappa shape index (κ2) is 7.58. The number of aromatic amines is 1. The molecule has 4 aromatic heterocycles. The molecule has 0 radical (unpaired) electrons. The fourth-order valence-electron chi connectivity index (χ4n) is 4.14. The second-order valence-electron chi connectivity index (χ2n) is 7.84. The Morgan fingerprint density at radius 3 is 2.88 bits per heavy atom. The lowest BCUT2D eigenvalue weighted by Crippen LogP contribution is -2.15. The van der Waals surface area contributed by atoms with E-state index in [0.29, 0.717) is 25.6 Å². The first kappa shape index (κ1) is 18.7. The first-order valence-corrected chi connectivity index (χ1v) is 10.5. The van der Waals surface area contributed by atoms with Crippen molar-refractivity contribution in [2.24, 2.45) is 0 Å². The minimum Gasteiger partial charge on any atom is -0.487 e. The zero-order valence-corrected chi connectivity index (χ0v) is 17.5. The summed E-state index contributed by atoms with van der Waals surface area (Å²) in [6.45, 7) is 1.70. The van der Waals surface area contributed by atoms with E-state index in [0.717, 1.165) is 55.6 Å². The van der Waals surface area contributed by atoms with Crippen LogP contribution in [0.3, 0.4) is 0 Å². The minimum absolute atomic E-state index is 0.438. The number of nitrogens with zero attached hydrogens (tertiary/aromatic N) is 4. The summed E-state index contributed by atoms with van der Waals surface area (Å²) < 4.78 is 6.02. The van der Waals surface area contributed by atoms with Crippen LogP contribution in [-0.2, 0) is 19.7 Å². The highest BCUT2D eigenvalue weighted by Gasteiger charge is 2.16. The summed E-state index contributed by atoms with van der Waals surface area (Å²) in [7, 11) is 1.83. The van der Waals surface area contributed by atoms with Crippen molar-refractivity contribution in [3.63, 3.8) is 0 Å². The van der Waals surface area contributed by atoms with Gasteiger partial charge in [-0.05, 0) is 35.4 Å². The van der Waals surface area contributed by atoms with Gasteiger partial charge in [-0.25, -0.2) is 4.98 Å². The maximum absolute atomic E-state index is 6.02. The van der Waals surface area contributed by atoms with Gasteiger partial charge in [-0.1, -0.05) is 6.07 Å². The number of rotatable bonds is 1. The number of anilines is 1. The highest BCUT2D eigenvalue weighted by molar-refractivity contribution is 5.98. The summed E-state index contributed by atoms with van der Waals surface area (Å²) in [6.07, 6.45) is 7.46. The smallest absolute Gasteiger partial charge is 0.224 e. The number of benzene rings is 1. The molecule has 0 unspecified atom stereocenters. The number of hydrogen-bond donors (Lipinski definition) is 3. The van der Waals surface area contributed by atoms with Gasteiger partial charge in [-0.15, -0.1) is 0 Å². The Bertz CT molecular complexity index is 1460. The molecule has 158 valence electrons. The lowest BCUT2D eigenvalue weighted by atomic mass is 10.0. The molecule has 6 rings (SSSR count). The number of aromatic nitrogens is 5. The summed E-state index contributed by atoms with van der Waals surface area (Å²) in [5.41, 5.74) is 6.89. The molecule has 3 N–H and O–H groups in total. The largest absolute Gasteiger partial charge is 0.487 e. The number of nitrogens with one attached hydrogen (secondary N) is 3. The first-order chi connectivity index (χ1) is 15.8. The standard InChI is InChI=1S/C24H21N7O/c1-25-24-30-21-12-27-8-14-4-15(9-26-7-14)13-32-18-6-17-5-16(2-3-20(17)28-10-18)19-11-29-23(31-24)22(19)21/h2-7,9-11,27H,8,12-13H2,1H3,(H2,25,29,30,31). The molecule has 32 heavy (non-hydrogen) atoms. The quantitative estimate of drug-likeness (QED) is 0.377. The van der Waals surface area contributed by atoms with Gasteiger partial charge in [0.25, 0.3) is 0 Å². The predicted octanol–water partition coefficient (Wildman–Crippen LogP) is 3.79. The van der Waals surface area contributed by atoms with Crippen molar-refractivity contribution in [1.29, 1.82) is 0 Å². The zero-order chi connectivity index (χ0) is 21.5. The van der Waals surface area contributed by atoms with Crippen LogP contribution in [-0.4, -0.2) is 32.0 Å². The Hall–Kier alpha value is -4.04. The van der Waals surface area contributed by atoms with Crippen molar-refractivity contribution in [3.05, 3.63) is 71.9 Å². The second-order valence-corrected chi connectivity index (χ2v) is 7.84. The monoisotopic (exact) mass is 423 g/mol. The molecule has 8 nitrogen and oxygen atoms in total. The van der Waals surface area contributed by atoms with Crippen molar-refractivity contribution in [2.45, 2.75) is 19.7 Å². The molecule has 0 aliphatic carbocycles. The van der Waals surface area contributed by atoms with E-state index in [9.17, 15) is 0 Å². The molecular formula is C24H21N7O. The maximum atomic E-state index is 6.02. The van der Waals surface area contributed by atoms with Crippen LogP contribution in [0.4, 0.5) is 5.95 Å². The topological polar surface area (TPSA) is 101 Å². The maximum Gasteiger partial charge on any atom is 0.224 e. The third kappa shape index (κ3) is 3.30. The minimum atomic E-state index is 0.438. The number of ether oxygens (including phenoxy) is 1. The molecular weight excluding hydrogens is 402 g/mol. The van der Waals surface area contributed by atoms with Crippen LogP contribution < -0.4 is 15.4 Å². The molecule has 5 aromatic rings. The van der Waals surface area contributed by atoms with E-state index < -0.39 is 0 Å². The molecule has 0 saturated heterocycles. The number of fused-ring (bicyclic) bond motifs is 5. The van der Waals surface area contributed by atoms with Crippen molar-refractivity contribution in [3.8, 4) is 16.9 Å². The van der Waals surface area contributed by atoms with Gasteiger partial charge in [0.2, 0.25) is 5.95 Å². The third-order valence-corrected chi connectivity index (χ3v) is 5.68. The van der Waals surface area contributed by atoms with Crippen molar-refractivity contribution < 1.29 is 4.74 Å². The van der Waals surface area contributed by atoms with E-state index in [1.165, 1.54) is 0 Å². The molecule has 5 heterocycles. The van der Waals surface area contributed by atoms with Crippen LogP contribution in [0.1, 0.15) is 16.8 Å². The fraction of sp³-hybridized carbons (Fsp3) is 0.167. The molecule has 0 saturated carbocycles. The molecule has 1 aliphatic heterocycles. The number of H-pyrrole nitrogens is 1. The number of pyridine rings is 2. The van der Waals surface area contributed by atoms with Gasteiger partial charge in [0.15, 0.2) is 0 Å². The van der Waals surface area contributed by atoms with E-state index >= 15 is 0 Å². The Labute approximate surface area is 184 Å². The van der Waals surface area contributed by atoms with Crippen LogP contribution in [0, 0.1) is 0 Å². The average Bonchev–Trinajstić information content (AvgIpc) is 3.26. The van der Waals surface area contributed by atoms with Gasteiger partial charge in [0.05, 0.1) is 17.4 Å². The van der Waals surface area contributed by atoms with E-state index in [2.05, 4.69) is 48.8 Å². The Balaban J connectivity index is 1.56. The highest BCUT2D eigenvalue weighted by atomic mass is 16.5.